The third kappa shape index (κ3) is 3.15. The van der Waals surface area contributed by atoms with E-state index in [-0.39, 0.29) is 0 Å². The normalized spacial score (nSPS) is 10.2. The molecule has 0 amide bonds. The van der Waals surface area contributed by atoms with Gasteiger partial charge >= 0.3 is 0 Å². The number of benzene rings is 3. The highest BCUT2D eigenvalue weighted by Crippen LogP contribution is 2.35. The summed E-state index contributed by atoms with van der Waals surface area (Å²) < 4.78 is 6.92. The van der Waals surface area contributed by atoms with Crippen molar-refractivity contribution in [2.24, 2.45) is 0 Å². The zero-order chi connectivity index (χ0) is 17.9. The summed E-state index contributed by atoms with van der Waals surface area (Å²) in [7, 11) is 0. The molecule has 0 saturated heterocycles. The van der Waals surface area contributed by atoms with Crippen LogP contribution in [0.2, 0.25) is 0 Å². The first kappa shape index (κ1) is 15.9. The minimum absolute atomic E-state index is 0.608. The minimum Gasteiger partial charge on any atom is -0.457 e. The molecular formula is C22H12N2OS. The van der Waals surface area contributed by atoms with Gasteiger partial charge in [0.15, 0.2) is 0 Å². The number of hydrogen-bond donors (Lipinski definition) is 0. The van der Waals surface area contributed by atoms with E-state index in [4.69, 9.17) is 15.3 Å². The molecule has 0 spiro atoms. The third-order valence-corrected chi connectivity index (χ3v) is 5.15. The van der Waals surface area contributed by atoms with E-state index >= 15 is 0 Å². The van der Waals surface area contributed by atoms with Crippen LogP contribution in [0, 0.1) is 22.7 Å². The highest BCUT2D eigenvalue weighted by atomic mass is 32.1. The van der Waals surface area contributed by atoms with E-state index in [0.717, 1.165) is 26.3 Å². The number of nitriles is 2. The highest BCUT2D eigenvalue weighted by molar-refractivity contribution is 7.22. The van der Waals surface area contributed by atoms with Crippen LogP contribution in [0.15, 0.2) is 72.8 Å². The zero-order valence-electron chi connectivity index (χ0n) is 13.6. The van der Waals surface area contributed by atoms with Crippen molar-refractivity contribution < 1.29 is 4.74 Å². The lowest BCUT2D eigenvalue weighted by Gasteiger charge is -2.06. The molecule has 122 valence electrons. The minimum atomic E-state index is 0.608. The molecule has 3 aromatic carbocycles. The first-order chi connectivity index (χ1) is 12.7. The molecule has 4 aromatic rings. The number of thiophene rings is 1. The number of rotatable bonds is 3. The van der Waals surface area contributed by atoms with E-state index in [1.807, 2.05) is 42.5 Å². The third-order valence-electron chi connectivity index (χ3n) is 4.01. The van der Waals surface area contributed by atoms with Crippen molar-refractivity contribution in [2.75, 3.05) is 0 Å². The Morgan fingerprint density at radius 1 is 0.692 bits per heavy atom. The van der Waals surface area contributed by atoms with Crippen molar-refractivity contribution in [1.82, 2.24) is 0 Å². The highest BCUT2D eigenvalue weighted by Gasteiger charge is 2.06. The van der Waals surface area contributed by atoms with Gasteiger partial charge in [0.2, 0.25) is 0 Å². The van der Waals surface area contributed by atoms with Crippen LogP contribution < -0.4 is 4.74 Å². The lowest BCUT2D eigenvalue weighted by molar-refractivity contribution is 0.483. The smallest absolute Gasteiger partial charge is 0.127 e. The molecule has 0 saturated carbocycles. The van der Waals surface area contributed by atoms with E-state index in [1.165, 1.54) is 0 Å². The fourth-order valence-corrected chi connectivity index (χ4v) is 3.77. The van der Waals surface area contributed by atoms with Crippen molar-refractivity contribution in [3.63, 3.8) is 0 Å². The lowest BCUT2D eigenvalue weighted by atomic mass is 10.1. The van der Waals surface area contributed by atoms with E-state index < -0.39 is 0 Å². The first-order valence-electron chi connectivity index (χ1n) is 7.97. The fourth-order valence-electron chi connectivity index (χ4n) is 2.66. The van der Waals surface area contributed by atoms with Gasteiger partial charge < -0.3 is 4.74 Å². The number of nitrogens with zero attached hydrogens (tertiary/aromatic N) is 2. The maximum atomic E-state index is 9.03. The molecule has 3 nitrogen and oxygen atoms in total. The number of hydrogen-bond acceptors (Lipinski definition) is 4. The molecule has 0 aliphatic carbocycles. The van der Waals surface area contributed by atoms with E-state index in [0.29, 0.717) is 16.9 Å². The molecular weight excluding hydrogens is 340 g/mol. The molecule has 0 radical (unpaired) electrons. The van der Waals surface area contributed by atoms with Crippen LogP contribution in [0.5, 0.6) is 11.5 Å². The Kier molecular flexibility index (Phi) is 4.11. The summed E-state index contributed by atoms with van der Waals surface area (Å²) in [6.45, 7) is 0. The maximum absolute atomic E-state index is 9.03. The Morgan fingerprint density at radius 3 is 1.96 bits per heavy atom. The van der Waals surface area contributed by atoms with Gasteiger partial charge in [0.25, 0.3) is 0 Å². The van der Waals surface area contributed by atoms with Gasteiger partial charge in [-0.1, -0.05) is 6.07 Å². The summed E-state index contributed by atoms with van der Waals surface area (Å²) in [4.78, 5) is 1.15. The predicted octanol–water partition coefficient (Wildman–Crippen LogP) is 6.10. The van der Waals surface area contributed by atoms with E-state index in [2.05, 4.69) is 18.2 Å². The summed E-state index contributed by atoms with van der Waals surface area (Å²) >= 11 is 1.67. The molecule has 0 bridgehead atoms. The topological polar surface area (TPSA) is 56.8 Å². The molecule has 4 heteroatoms. The summed E-state index contributed by atoms with van der Waals surface area (Å²) in [5.41, 5.74) is 2.39. The maximum Gasteiger partial charge on any atom is 0.127 e. The van der Waals surface area contributed by atoms with Crippen LogP contribution >= 0.6 is 11.3 Å². The van der Waals surface area contributed by atoms with Gasteiger partial charge in [-0.3, -0.25) is 0 Å². The van der Waals surface area contributed by atoms with Crippen LogP contribution in [-0.4, -0.2) is 0 Å². The molecule has 1 aromatic heterocycles. The van der Waals surface area contributed by atoms with Crippen molar-refractivity contribution in [3.8, 4) is 34.1 Å². The predicted molar refractivity (Wildman–Crippen MR) is 103 cm³/mol. The quantitative estimate of drug-likeness (QED) is 0.447. The van der Waals surface area contributed by atoms with Gasteiger partial charge in [0.1, 0.15) is 11.5 Å². The molecule has 0 atom stereocenters. The number of fused-ring (bicyclic) bond motifs is 1. The largest absolute Gasteiger partial charge is 0.457 e. The SMILES string of the molecule is N#Cc1ccc(Oc2ccc(-c3cc4ccc(C#N)cc4s3)cc2)cc1. The van der Waals surface area contributed by atoms with Crippen molar-refractivity contribution in [2.45, 2.75) is 0 Å². The van der Waals surface area contributed by atoms with Gasteiger partial charge in [-0.2, -0.15) is 10.5 Å². The van der Waals surface area contributed by atoms with E-state index in [1.54, 1.807) is 35.6 Å². The Morgan fingerprint density at radius 2 is 1.31 bits per heavy atom. The van der Waals surface area contributed by atoms with Crippen LogP contribution in [0.3, 0.4) is 0 Å². The summed E-state index contributed by atoms with van der Waals surface area (Å²) in [5, 5.41) is 19.0. The summed E-state index contributed by atoms with van der Waals surface area (Å²) in [6.07, 6.45) is 0. The van der Waals surface area contributed by atoms with Crippen LogP contribution in [0.1, 0.15) is 11.1 Å². The van der Waals surface area contributed by atoms with Crippen molar-refractivity contribution in [1.29, 1.82) is 10.5 Å². The second-order valence-corrected chi connectivity index (χ2v) is 6.82. The molecule has 0 aliphatic rings. The Bertz CT molecular complexity index is 1160. The van der Waals surface area contributed by atoms with E-state index in [9.17, 15) is 0 Å². The number of ether oxygens (including phenoxy) is 1. The summed E-state index contributed by atoms with van der Waals surface area (Å²) in [5.74, 6) is 1.44. The van der Waals surface area contributed by atoms with Gasteiger partial charge in [0, 0.05) is 9.58 Å². The van der Waals surface area contributed by atoms with Crippen molar-refractivity contribution >= 4 is 21.4 Å². The van der Waals surface area contributed by atoms with Crippen LogP contribution in [-0.2, 0) is 0 Å². The molecule has 26 heavy (non-hydrogen) atoms. The Hall–Kier alpha value is -3.60. The average molecular weight is 352 g/mol. The first-order valence-corrected chi connectivity index (χ1v) is 8.79. The molecule has 0 unspecified atom stereocenters. The van der Waals surface area contributed by atoms with Gasteiger partial charge in [0.05, 0.1) is 23.3 Å². The van der Waals surface area contributed by atoms with Gasteiger partial charge in [-0.05, 0) is 77.7 Å². The lowest BCUT2D eigenvalue weighted by Crippen LogP contribution is -1.84. The van der Waals surface area contributed by atoms with Gasteiger partial charge in [-0.15, -0.1) is 11.3 Å². The average Bonchev–Trinajstić information content (AvgIpc) is 3.12. The standard InChI is InChI=1S/C22H12N2OS/c23-13-15-2-7-19(8-3-15)25-20-9-5-17(6-10-20)22-12-18-4-1-16(14-24)11-21(18)26-22/h1-12H. The molecule has 0 N–H and O–H groups in total. The monoisotopic (exact) mass is 352 g/mol. The Labute approximate surface area is 154 Å². The second kappa shape index (κ2) is 6.72. The summed E-state index contributed by atoms with van der Waals surface area (Å²) in [6, 6.07) is 27.1. The van der Waals surface area contributed by atoms with Crippen LogP contribution in [0.4, 0.5) is 0 Å². The fraction of sp³-hybridized carbons (Fsp3) is 0. The van der Waals surface area contributed by atoms with Crippen LogP contribution in [0.25, 0.3) is 20.5 Å². The second-order valence-electron chi connectivity index (χ2n) is 5.74. The molecule has 4 rings (SSSR count). The molecule has 0 aliphatic heterocycles. The van der Waals surface area contributed by atoms with Gasteiger partial charge in [-0.25, -0.2) is 0 Å². The van der Waals surface area contributed by atoms with Crippen molar-refractivity contribution in [3.05, 3.63) is 83.9 Å². The molecule has 0 fully saturated rings. The molecule has 1 heterocycles. The Balaban J connectivity index is 1.57. The zero-order valence-corrected chi connectivity index (χ0v) is 14.5.